The smallest absolute Gasteiger partial charge is 0.189 e. The molecule has 0 unspecified atom stereocenters. The molecule has 2 N–H and O–H groups in total. The summed E-state index contributed by atoms with van der Waals surface area (Å²) in [6.45, 7) is 1.51. The maximum Gasteiger partial charge on any atom is 0.189 e. The lowest BCUT2D eigenvalue weighted by Gasteiger charge is -2.04. The molecule has 0 amide bonds. The van der Waals surface area contributed by atoms with Gasteiger partial charge in [0, 0.05) is 0 Å². The number of nitrogens with zero attached hydrogens (tertiary/aromatic N) is 2. The summed E-state index contributed by atoms with van der Waals surface area (Å²) in [6, 6.07) is 4.84. The summed E-state index contributed by atoms with van der Waals surface area (Å²) in [4.78, 5) is 13.8. The maximum absolute atomic E-state index is 10.9. The van der Waals surface area contributed by atoms with E-state index in [1.54, 1.807) is 19.2 Å². The fourth-order valence-electron chi connectivity index (χ4n) is 1.43. The van der Waals surface area contributed by atoms with Gasteiger partial charge in [0.25, 0.3) is 0 Å². The number of rotatable bonds is 5. The summed E-state index contributed by atoms with van der Waals surface area (Å²) in [5, 5.41) is 18.2. The third kappa shape index (κ3) is 3.25. The number of carbonyl (C=O) groups excluding carboxylic acids is 1. The molecule has 0 spiro atoms. The highest BCUT2D eigenvalue weighted by Gasteiger charge is 2.11. The van der Waals surface area contributed by atoms with Crippen molar-refractivity contribution in [1.82, 2.24) is 15.2 Å². The lowest BCUT2D eigenvalue weighted by Crippen LogP contribution is -1.93. The van der Waals surface area contributed by atoms with Gasteiger partial charge in [-0.15, -0.1) is 10.2 Å². The summed E-state index contributed by atoms with van der Waals surface area (Å²) >= 11 is 1.27. The standard InChI is InChI=1S/C12H13N3O3S/c1-7(16)6-19-12-13-11(14-15-12)9-5-8(18-2)3-4-10(9)17/h3-5,17H,6H2,1-2H3,(H,13,14,15). The molecule has 0 aliphatic heterocycles. The number of thioether (sulfide) groups is 1. The van der Waals surface area contributed by atoms with Crippen molar-refractivity contribution < 1.29 is 14.6 Å². The zero-order valence-corrected chi connectivity index (χ0v) is 11.3. The third-order valence-electron chi connectivity index (χ3n) is 2.34. The Morgan fingerprint density at radius 2 is 2.26 bits per heavy atom. The molecule has 0 saturated heterocycles. The first-order chi connectivity index (χ1) is 9.10. The van der Waals surface area contributed by atoms with Crippen LogP contribution in [0.15, 0.2) is 23.4 Å². The topological polar surface area (TPSA) is 88.1 Å². The molecule has 19 heavy (non-hydrogen) atoms. The van der Waals surface area contributed by atoms with Crippen molar-refractivity contribution in [3.05, 3.63) is 18.2 Å². The van der Waals surface area contributed by atoms with Crippen molar-refractivity contribution in [2.45, 2.75) is 12.1 Å². The monoisotopic (exact) mass is 279 g/mol. The van der Waals surface area contributed by atoms with Crippen molar-refractivity contribution in [3.8, 4) is 22.9 Å². The van der Waals surface area contributed by atoms with Crippen molar-refractivity contribution in [2.75, 3.05) is 12.9 Å². The number of nitrogens with one attached hydrogen (secondary N) is 1. The lowest BCUT2D eigenvalue weighted by molar-refractivity contribution is -0.114. The van der Waals surface area contributed by atoms with Gasteiger partial charge < -0.3 is 14.8 Å². The number of phenols is 1. The number of hydrogen-bond donors (Lipinski definition) is 2. The molecule has 0 fully saturated rings. The number of carbonyl (C=O) groups is 1. The normalized spacial score (nSPS) is 10.4. The molecule has 0 aliphatic carbocycles. The van der Waals surface area contributed by atoms with E-state index in [-0.39, 0.29) is 11.5 Å². The predicted molar refractivity (Wildman–Crippen MR) is 71.4 cm³/mol. The molecule has 7 heteroatoms. The van der Waals surface area contributed by atoms with Gasteiger partial charge in [-0.25, -0.2) is 0 Å². The largest absolute Gasteiger partial charge is 0.507 e. The number of hydrogen-bond acceptors (Lipinski definition) is 6. The Morgan fingerprint density at radius 1 is 1.47 bits per heavy atom. The zero-order chi connectivity index (χ0) is 13.8. The van der Waals surface area contributed by atoms with Crippen LogP contribution in [0.5, 0.6) is 11.5 Å². The SMILES string of the molecule is COc1ccc(O)c(-c2nnc(SCC(C)=O)[nH]2)c1. The zero-order valence-electron chi connectivity index (χ0n) is 10.5. The quantitative estimate of drug-likeness (QED) is 0.812. The van der Waals surface area contributed by atoms with Crippen LogP contribution in [0.4, 0.5) is 0 Å². The highest BCUT2D eigenvalue weighted by molar-refractivity contribution is 7.99. The Balaban J connectivity index is 2.24. The first kappa shape index (κ1) is 13.4. The van der Waals surface area contributed by atoms with Crippen LogP contribution < -0.4 is 4.74 Å². The number of aromatic hydroxyl groups is 1. The molecule has 0 bridgehead atoms. The van der Waals surface area contributed by atoms with E-state index < -0.39 is 0 Å². The molecule has 0 aliphatic rings. The maximum atomic E-state index is 10.9. The number of Topliss-reactive ketones (excluding diaryl/α,β-unsaturated/α-hetero) is 1. The van der Waals surface area contributed by atoms with Gasteiger partial charge in [0.1, 0.15) is 17.3 Å². The minimum atomic E-state index is 0.0622. The van der Waals surface area contributed by atoms with Crippen LogP contribution in [-0.4, -0.2) is 38.9 Å². The Bertz CT molecular complexity index is 598. The van der Waals surface area contributed by atoms with E-state index in [0.717, 1.165) is 0 Å². The van der Waals surface area contributed by atoms with Crippen molar-refractivity contribution >= 4 is 17.5 Å². The van der Waals surface area contributed by atoms with Crippen LogP contribution in [-0.2, 0) is 4.79 Å². The molecule has 2 aromatic rings. The second-order valence-electron chi connectivity index (χ2n) is 3.85. The minimum Gasteiger partial charge on any atom is -0.507 e. The minimum absolute atomic E-state index is 0.0622. The van der Waals surface area contributed by atoms with E-state index in [1.165, 1.54) is 24.8 Å². The molecule has 2 rings (SSSR count). The Labute approximate surface area is 114 Å². The number of methoxy groups -OCH3 is 1. The third-order valence-corrected chi connectivity index (χ3v) is 3.35. The van der Waals surface area contributed by atoms with Crippen molar-refractivity contribution in [2.24, 2.45) is 0 Å². The number of benzene rings is 1. The van der Waals surface area contributed by atoms with Crippen molar-refractivity contribution in [1.29, 1.82) is 0 Å². The number of H-pyrrole nitrogens is 1. The van der Waals surface area contributed by atoms with Gasteiger partial charge in [-0.2, -0.15) is 0 Å². The van der Waals surface area contributed by atoms with Gasteiger partial charge in [0.15, 0.2) is 11.0 Å². The summed E-state index contributed by atoms with van der Waals surface area (Å²) in [6.07, 6.45) is 0. The number of aromatic nitrogens is 3. The second kappa shape index (κ2) is 5.75. The van der Waals surface area contributed by atoms with E-state index in [0.29, 0.717) is 28.0 Å². The van der Waals surface area contributed by atoms with Crippen LogP contribution >= 0.6 is 11.8 Å². The van der Waals surface area contributed by atoms with E-state index in [9.17, 15) is 9.90 Å². The number of ketones is 1. The molecule has 1 heterocycles. The van der Waals surface area contributed by atoms with Crippen LogP contribution in [0.2, 0.25) is 0 Å². The van der Waals surface area contributed by atoms with Gasteiger partial charge in [0.05, 0.1) is 18.4 Å². The number of phenolic OH excluding ortho intramolecular Hbond substituents is 1. The van der Waals surface area contributed by atoms with Crippen molar-refractivity contribution in [3.63, 3.8) is 0 Å². The second-order valence-corrected chi connectivity index (χ2v) is 4.82. The molecule has 6 nitrogen and oxygen atoms in total. The van der Waals surface area contributed by atoms with Gasteiger partial charge in [0.2, 0.25) is 0 Å². The van der Waals surface area contributed by atoms with E-state index in [2.05, 4.69) is 15.2 Å². The highest BCUT2D eigenvalue weighted by atomic mass is 32.2. The summed E-state index contributed by atoms with van der Waals surface area (Å²) in [5.74, 6) is 1.52. The Kier molecular flexibility index (Phi) is 4.06. The average Bonchev–Trinajstić information content (AvgIpc) is 2.85. The molecular formula is C12H13N3O3S. The van der Waals surface area contributed by atoms with E-state index >= 15 is 0 Å². The average molecular weight is 279 g/mol. The Hall–Kier alpha value is -2.02. The van der Waals surface area contributed by atoms with Gasteiger partial charge in [-0.05, 0) is 25.1 Å². The molecule has 0 atom stereocenters. The molecule has 100 valence electrons. The fraction of sp³-hybridized carbons (Fsp3) is 0.250. The first-order valence-corrected chi connectivity index (χ1v) is 6.51. The molecule has 0 radical (unpaired) electrons. The summed E-state index contributed by atoms with van der Waals surface area (Å²) in [7, 11) is 1.55. The highest BCUT2D eigenvalue weighted by Crippen LogP contribution is 2.31. The predicted octanol–water partition coefficient (Wildman–Crippen LogP) is 1.87. The van der Waals surface area contributed by atoms with Gasteiger partial charge >= 0.3 is 0 Å². The lowest BCUT2D eigenvalue weighted by atomic mass is 10.2. The van der Waals surface area contributed by atoms with Crippen LogP contribution in [0, 0.1) is 0 Å². The summed E-state index contributed by atoms with van der Waals surface area (Å²) in [5.41, 5.74) is 0.501. The number of ether oxygens (including phenoxy) is 1. The van der Waals surface area contributed by atoms with Crippen LogP contribution in [0.25, 0.3) is 11.4 Å². The van der Waals surface area contributed by atoms with Crippen LogP contribution in [0.1, 0.15) is 6.92 Å². The number of aromatic amines is 1. The first-order valence-electron chi connectivity index (χ1n) is 5.52. The molecular weight excluding hydrogens is 266 g/mol. The van der Waals surface area contributed by atoms with E-state index in [1.807, 2.05) is 0 Å². The van der Waals surface area contributed by atoms with Gasteiger partial charge in [-0.1, -0.05) is 11.8 Å². The van der Waals surface area contributed by atoms with E-state index in [4.69, 9.17) is 4.74 Å². The Morgan fingerprint density at radius 3 is 2.95 bits per heavy atom. The summed E-state index contributed by atoms with van der Waals surface area (Å²) < 4.78 is 5.09. The molecule has 0 saturated carbocycles. The van der Waals surface area contributed by atoms with Crippen LogP contribution in [0.3, 0.4) is 0 Å². The molecule has 1 aromatic heterocycles. The van der Waals surface area contributed by atoms with Gasteiger partial charge in [-0.3, -0.25) is 4.79 Å². The molecule has 1 aromatic carbocycles. The fourth-order valence-corrected chi connectivity index (χ4v) is 2.04.